The molecule has 26 heteroatoms. The standard InChI is InChI=1S/4C17H21N3O2.6ClH/c4*1-11-5-7-12(8-6-11)16-9-3-4-13-14(16)17(10-18-13,20-19-16)15(21)22-2;;;;;;/h4*5-8,13-14,18H,3-4,9-10H2,1-2H3;6*1H/t4*13-,14-,16-,17-;;;;;;/m1100....../s1. The van der Waals surface area contributed by atoms with E-state index in [1.807, 2.05) is 0 Å². The van der Waals surface area contributed by atoms with Crippen molar-refractivity contribution in [3.8, 4) is 0 Å². The molecule has 0 aromatic heterocycles. The van der Waals surface area contributed by atoms with Crippen LogP contribution in [0, 0.1) is 51.4 Å². The molecule has 8 aliphatic heterocycles. The van der Waals surface area contributed by atoms with Gasteiger partial charge < -0.3 is 89.8 Å². The van der Waals surface area contributed by atoms with Gasteiger partial charge >= 0.3 is 23.9 Å². The molecule has 4 saturated heterocycles. The van der Waals surface area contributed by atoms with Gasteiger partial charge in [0.25, 0.3) is 0 Å². The smallest absolute Gasteiger partial charge is 0.342 e. The molecule has 94 heavy (non-hydrogen) atoms. The lowest BCUT2D eigenvalue weighted by Gasteiger charge is -2.39. The number of esters is 4. The summed E-state index contributed by atoms with van der Waals surface area (Å²) in [6.45, 7) is 11.0. The molecule has 4 saturated carbocycles. The second-order valence-electron chi connectivity index (χ2n) is 27.5. The van der Waals surface area contributed by atoms with Crippen molar-refractivity contribution in [1.82, 2.24) is 0 Å². The van der Waals surface area contributed by atoms with Crippen LogP contribution in [0.15, 0.2) is 138 Å². The van der Waals surface area contributed by atoms with Crippen molar-refractivity contribution in [2.75, 3.05) is 54.6 Å². The van der Waals surface area contributed by atoms with E-state index in [0.29, 0.717) is 50.3 Å². The number of nitrogens with two attached hydrogens (primary N) is 4. The highest BCUT2D eigenvalue weighted by Gasteiger charge is 2.75. The summed E-state index contributed by atoms with van der Waals surface area (Å²) in [5.41, 5.74) is 5.17. The predicted molar refractivity (Wildman–Crippen MR) is 336 cm³/mol. The van der Waals surface area contributed by atoms with E-state index in [2.05, 4.69) is 166 Å². The van der Waals surface area contributed by atoms with Gasteiger partial charge in [0.2, 0.25) is 22.2 Å². The number of ether oxygens (including phenoxy) is 4. The maximum absolute atomic E-state index is 12.5. The number of quaternary nitrogens is 4. The Labute approximate surface area is 588 Å². The van der Waals surface area contributed by atoms with E-state index < -0.39 is 22.2 Å². The lowest BCUT2D eigenvalue weighted by atomic mass is 9.63. The molecular formula is C68H90Cl6N12O8. The van der Waals surface area contributed by atoms with Crippen molar-refractivity contribution in [2.24, 2.45) is 64.6 Å². The number of carbonyl (C=O) groups excluding carboxylic acids is 4. The Morgan fingerprint density at radius 2 is 0.511 bits per heavy atom. The Morgan fingerprint density at radius 1 is 0.330 bits per heavy atom. The van der Waals surface area contributed by atoms with Crippen LogP contribution < -0.4 is 70.9 Å². The number of methoxy groups -OCH3 is 4. The number of nitrogens with zero attached hydrogens (tertiary/aromatic N) is 8. The summed E-state index contributed by atoms with van der Waals surface area (Å²) in [4.78, 5) is 49.9. The zero-order valence-electron chi connectivity index (χ0n) is 54.7. The molecule has 16 rings (SSSR count). The van der Waals surface area contributed by atoms with Crippen molar-refractivity contribution in [1.29, 1.82) is 0 Å². The number of carbonyl (C=O) groups is 4. The van der Waals surface area contributed by atoms with Crippen LogP contribution >= 0.6 is 24.8 Å². The molecule has 8 N–H and O–H groups in total. The van der Waals surface area contributed by atoms with Gasteiger partial charge in [0, 0.05) is 0 Å². The first-order valence-corrected chi connectivity index (χ1v) is 32.2. The number of hydrogen-bond acceptors (Lipinski definition) is 16. The van der Waals surface area contributed by atoms with E-state index in [0.717, 1.165) is 77.0 Å². The lowest BCUT2D eigenvalue weighted by molar-refractivity contribution is -0.677. The van der Waals surface area contributed by atoms with E-state index in [9.17, 15) is 19.2 Å². The number of benzene rings is 4. The second kappa shape index (κ2) is 29.1. The topological polar surface area (TPSA) is 271 Å². The van der Waals surface area contributed by atoms with Crippen LogP contribution in [0.4, 0.5) is 0 Å². The first-order chi connectivity index (χ1) is 42.5. The zero-order chi connectivity index (χ0) is 61.5. The van der Waals surface area contributed by atoms with Crippen LogP contribution in [0.25, 0.3) is 0 Å². The summed E-state index contributed by atoms with van der Waals surface area (Å²) in [6, 6.07) is 35.9. The van der Waals surface area contributed by atoms with Crippen LogP contribution in [-0.2, 0) is 60.3 Å². The minimum absolute atomic E-state index is 0. The number of hydrogen-bond donors (Lipinski definition) is 4. The SMILES string of the molecule is COC(=O)[C@@]12C[NH2+][C@H]3CCC[C@@](c4ccc(C)cc4)(N=N1)[C@H]32.COC(=O)[C@@]12C[NH2+][C@H]3CCC[C@@](c4ccc(C)cc4)(N=N1)[C@H]32.COC(=O)[C@]12C[NH2+][C@@H]3CCC[C@](c4ccc(C)cc4)(N=N1)[C@@H]32.COC(=O)[C@]12C[NH2+][C@@H]3CCC[C@](c4ccc(C)cc4)(N=N1)[C@@H]32.Cl.Cl.[Cl-].[Cl-].[Cl-].[Cl-]. The fourth-order valence-electron chi connectivity index (χ4n) is 19.2. The highest BCUT2D eigenvalue weighted by atomic mass is 35.5. The predicted octanol–water partition coefficient (Wildman–Crippen LogP) is -5.89. The summed E-state index contributed by atoms with van der Waals surface area (Å²) in [5, 5.41) is 46.1. The molecule has 12 aliphatic rings. The maximum Gasteiger partial charge on any atom is 0.342 e. The Kier molecular flexibility index (Phi) is 23.5. The molecule has 4 aliphatic carbocycles. The monoisotopic (exact) mass is 1410 g/mol. The van der Waals surface area contributed by atoms with Gasteiger partial charge in [0.1, 0.15) is 48.3 Å². The Morgan fingerprint density at radius 3 is 0.681 bits per heavy atom. The van der Waals surface area contributed by atoms with Crippen LogP contribution in [-0.4, -0.2) is 125 Å². The number of rotatable bonds is 8. The molecule has 0 spiro atoms. The highest BCUT2D eigenvalue weighted by Crippen LogP contribution is 2.60. The quantitative estimate of drug-likeness (QED) is 0.0973. The third-order valence-electron chi connectivity index (χ3n) is 23.1. The third kappa shape index (κ3) is 11.6. The van der Waals surface area contributed by atoms with Crippen LogP contribution in [0.1, 0.15) is 122 Å². The molecule has 4 aromatic carbocycles. The van der Waals surface area contributed by atoms with Gasteiger partial charge in [0.05, 0.1) is 76.3 Å². The molecule has 0 bridgehead atoms. The molecule has 8 fully saturated rings. The summed E-state index contributed by atoms with van der Waals surface area (Å²) in [6.07, 6.45) is 12.9. The molecule has 512 valence electrons. The van der Waals surface area contributed by atoms with Gasteiger partial charge in [-0.15, -0.1) is 24.8 Å². The average molecular weight is 1420 g/mol. The van der Waals surface area contributed by atoms with Gasteiger partial charge in [-0.05, 0) is 127 Å². The highest BCUT2D eigenvalue weighted by molar-refractivity contribution is 5.86. The Bertz CT molecular complexity index is 3050. The molecule has 16 atom stereocenters. The molecular weight excluding hydrogens is 1330 g/mol. The number of aryl methyl sites for hydroxylation is 4. The van der Waals surface area contributed by atoms with Crippen molar-refractivity contribution in [3.05, 3.63) is 142 Å². The molecule has 0 radical (unpaired) electrons. The molecule has 8 heterocycles. The van der Waals surface area contributed by atoms with Crippen LogP contribution in [0.3, 0.4) is 0 Å². The molecule has 20 nitrogen and oxygen atoms in total. The van der Waals surface area contributed by atoms with Gasteiger partial charge in [-0.25, -0.2) is 19.2 Å². The number of halogens is 6. The molecule has 4 aromatic rings. The van der Waals surface area contributed by atoms with Gasteiger partial charge in [-0.3, -0.25) is 0 Å². The van der Waals surface area contributed by atoms with Crippen molar-refractivity contribution in [2.45, 2.75) is 173 Å². The maximum atomic E-state index is 12.5. The Hall–Kier alpha value is -5.26. The normalized spacial score (nSPS) is 36.3. The van der Waals surface area contributed by atoms with Gasteiger partial charge in [0.15, 0.2) is 0 Å². The molecule has 0 unspecified atom stereocenters. The lowest BCUT2D eigenvalue weighted by Crippen LogP contribution is -3.00. The minimum Gasteiger partial charge on any atom is -1.00 e. The van der Waals surface area contributed by atoms with E-state index in [4.69, 9.17) is 39.4 Å². The van der Waals surface area contributed by atoms with Gasteiger partial charge in [-0.2, -0.15) is 40.9 Å². The van der Waals surface area contributed by atoms with E-state index >= 15 is 0 Å². The van der Waals surface area contributed by atoms with Crippen LogP contribution in [0.2, 0.25) is 0 Å². The van der Waals surface area contributed by atoms with Gasteiger partial charge in [-0.1, -0.05) is 119 Å². The summed E-state index contributed by atoms with van der Waals surface area (Å²) >= 11 is 0. The summed E-state index contributed by atoms with van der Waals surface area (Å²) < 4.78 is 20.4. The summed E-state index contributed by atoms with van der Waals surface area (Å²) in [5.74, 6) is -0.445. The van der Waals surface area contributed by atoms with E-state index in [1.165, 1.54) is 72.9 Å². The van der Waals surface area contributed by atoms with Crippen molar-refractivity contribution in [3.63, 3.8) is 0 Å². The third-order valence-corrected chi connectivity index (χ3v) is 23.1. The zero-order valence-corrected chi connectivity index (χ0v) is 59.3. The molecule has 0 amide bonds. The van der Waals surface area contributed by atoms with E-state index in [-0.39, 0.29) is 144 Å². The fourth-order valence-corrected chi connectivity index (χ4v) is 19.2. The fraction of sp³-hybridized carbons (Fsp3) is 0.588. The number of azo groups is 4. The summed E-state index contributed by atoms with van der Waals surface area (Å²) in [7, 11) is 5.81. The first-order valence-electron chi connectivity index (χ1n) is 32.2. The van der Waals surface area contributed by atoms with Crippen molar-refractivity contribution < 1.29 is 109 Å². The second-order valence-corrected chi connectivity index (χ2v) is 27.5. The minimum atomic E-state index is -0.787. The van der Waals surface area contributed by atoms with Crippen LogP contribution in [0.5, 0.6) is 0 Å². The largest absolute Gasteiger partial charge is 1.00 e. The first kappa shape index (κ1) is 76.1. The van der Waals surface area contributed by atoms with Crippen molar-refractivity contribution >= 4 is 48.7 Å². The van der Waals surface area contributed by atoms with E-state index in [1.54, 1.807) is 0 Å². The Balaban J connectivity index is 0.000000174. The average Bonchev–Trinajstić information content (AvgIpc) is 1.56.